The van der Waals surface area contributed by atoms with Crippen LogP contribution in [-0.2, 0) is 21.5 Å². The van der Waals surface area contributed by atoms with Crippen LogP contribution in [0.1, 0.15) is 5.56 Å². The molecule has 0 spiro atoms. The maximum absolute atomic E-state index is 10.8. The zero-order valence-corrected chi connectivity index (χ0v) is 8.24. The van der Waals surface area contributed by atoms with E-state index >= 15 is 0 Å². The quantitative estimate of drug-likeness (QED) is 0.700. The predicted octanol–water partition coefficient (Wildman–Crippen LogP) is 0.995. The molecule has 2 rings (SSSR count). The van der Waals surface area contributed by atoms with Gasteiger partial charge in [0.1, 0.15) is 6.61 Å². The average molecular weight is 229 g/mol. The number of rotatable bonds is 1. The number of cyclic esters (lactones) is 1. The molecule has 0 bridgehead atoms. The van der Waals surface area contributed by atoms with Crippen LogP contribution in [0.3, 0.4) is 0 Å². The summed E-state index contributed by atoms with van der Waals surface area (Å²) in [5.41, 5.74) is 0.989. The normalized spacial score (nSPS) is 15.1. The Morgan fingerprint density at radius 3 is 2.80 bits per heavy atom. The Kier molecular flexibility index (Phi) is 2.13. The van der Waals surface area contributed by atoms with E-state index in [1.54, 1.807) is 0 Å². The van der Waals surface area contributed by atoms with E-state index in [1.807, 2.05) is 0 Å². The van der Waals surface area contributed by atoms with Crippen LogP contribution in [-0.4, -0.2) is 19.1 Å². The van der Waals surface area contributed by atoms with Gasteiger partial charge in [-0.25, -0.2) is 4.79 Å². The minimum Gasteiger partial charge on any atom is -0.444 e. The van der Waals surface area contributed by atoms with Gasteiger partial charge in [-0.1, -0.05) is 0 Å². The molecule has 1 amide bonds. The smallest absolute Gasteiger partial charge is 0.411 e. The van der Waals surface area contributed by atoms with Gasteiger partial charge in [-0.3, -0.25) is 9.87 Å². The second-order valence-electron chi connectivity index (χ2n) is 3.00. The molecule has 0 radical (unpaired) electrons. The standard InChI is InChI=1S/C8H7NO5S/c10-8-9-7-2-1-6(15(11,12)13)3-5(7)4-14-8/h1-3H,4H2,(H,9,10)(H,11,12,13). The van der Waals surface area contributed by atoms with E-state index in [2.05, 4.69) is 10.1 Å². The van der Waals surface area contributed by atoms with Gasteiger partial charge >= 0.3 is 6.09 Å². The predicted molar refractivity (Wildman–Crippen MR) is 50.1 cm³/mol. The summed E-state index contributed by atoms with van der Waals surface area (Å²) in [5, 5.41) is 2.40. The van der Waals surface area contributed by atoms with Crippen LogP contribution >= 0.6 is 0 Å². The summed E-state index contributed by atoms with van der Waals surface area (Å²) in [4.78, 5) is 10.6. The fourth-order valence-corrected chi connectivity index (χ4v) is 1.79. The fourth-order valence-electron chi connectivity index (χ4n) is 1.26. The Morgan fingerprint density at radius 1 is 1.40 bits per heavy atom. The molecule has 0 aliphatic carbocycles. The lowest BCUT2D eigenvalue weighted by Gasteiger charge is -2.17. The second kappa shape index (κ2) is 3.21. The summed E-state index contributed by atoms with van der Waals surface area (Å²) in [6.07, 6.45) is -0.581. The Bertz CT molecular complexity index is 522. The third kappa shape index (κ3) is 1.92. The van der Waals surface area contributed by atoms with Crippen molar-refractivity contribution in [2.24, 2.45) is 0 Å². The number of fused-ring (bicyclic) bond motifs is 1. The molecule has 0 saturated heterocycles. The zero-order valence-electron chi connectivity index (χ0n) is 7.43. The van der Waals surface area contributed by atoms with Crippen molar-refractivity contribution in [3.05, 3.63) is 23.8 Å². The van der Waals surface area contributed by atoms with Crippen molar-refractivity contribution >= 4 is 21.9 Å². The van der Waals surface area contributed by atoms with E-state index in [0.29, 0.717) is 11.3 Å². The Hall–Kier alpha value is -1.60. The molecule has 15 heavy (non-hydrogen) atoms. The number of amides is 1. The van der Waals surface area contributed by atoms with Crippen LogP contribution in [0.4, 0.5) is 10.5 Å². The maximum Gasteiger partial charge on any atom is 0.411 e. The lowest BCUT2D eigenvalue weighted by molar-refractivity contribution is 0.151. The lowest BCUT2D eigenvalue weighted by atomic mass is 10.2. The van der Waals surface area contributed by atoms with Gasteiger partial charge in [0.05, 0.1) is 10.6 Å². The Morgan fingerprint density at radius 2 is 2.13 bits per heavy atom. The molecule has 80 valence electrons. The number of ether oxygens (including phenoxy) is 1. The van der Waals surface area contributed by atoms with Crippen LogP contribution < -0.4 is 5.32 Å². The molecule has 2 N–H and O–H groups in total. The fraction of sp³-hybridized carbons (Fsp3) is 0.125. The molecule has 0 aromatic heterocycles. The van der Waals surface area contributed by atoms with E-state index in [1.165, 1.54) is 18.2 Å². The van der Waals surface area contributed by atoms with Crippen molar-refractivity contribution in [2.45, 2.75) is 11.5 Å². The highest BCUT2D eigenvalue weighted by Gasteiger charge is 2.18. The van der Waals surface area contributed by atoms with Crippen molar-refractivity contribution < 1.29 is 22.5 Å². The number of hydrogen-bond acceptors (Lipinski definition) is 4. The molecule has 0 saturated carbocycles. The van der Waals surface area contributed by atoms with Crippen LogP contribution in [0, 0.1) is 0 Å². The molecule has 1 aliphatic rings. The van der Waals surface area contributed by atoms with Crippen molar-refractivity contribution in [3.63, 3.8) is 0 Å². The van der Waals surface area contributed by atoms with Crippen LogP contribution in [0.2, 0.25) is 0 Å². The highest BCUT2D eigenvalue weighted by molar-refractivity contribution is 7.85. The summed E-state index contributed by atoms with van der Waals surface area (Å²) < 4.78 is 35.1. The largest absolute Gasteiger partial charge is 0.444 e. The first-order valence-electron chi connectivity index (χ1n) is 4.01. The molecule has 1 aliphatic heterocycles. The van der Waals surface area contributed by atoms with E-state index in [0.717, 1.165) is 0 Å². The first kappa shape index (κ1) is 9.94. The number of benzene rings is 1. The number of carbonyl (C=O) groups is 1. The molecule has 1 aromatic carbocycles. The van der Waals surface area contributed by atoms with Crippen molar-refractivity contribution in [3.8, 4) is 0 Å². The van der Waals surface area contributed by atoms with Gasteiger partial charge in [-0.15, -0.1) is 0 Å². The molecule has 0 unspecified atom stereocenters. The summed E-state index contributed by atoms with van der Waals surface area (Å²) in [6.45, 7) is -0.00940. The second-order valence-corrected chi connectivity index (χ2v) is 4.42. The summed E-state index contributed by atoms with van der Waals surface area (Å²) >= 11 is 0. The van der Waals surface area contributed by atoms with E-state index < -0.39 is 16.2 Å². The molecule has 1 heterocycles. The number of nitrogens with one attached hydrogen (secondary N) is 1. The van der Waals surface area contributed by atoms with E-state index in [4.69, 9.17) is 4.55 Å². The first-order chi connectivity index (χ1) is 6.97. The van der Waals surface area contributed by atoms with Gasteiger partial charge in [-0.2, -0.15) is 8.42 Å². The molecule has 7 heteroatoms. The van der Waals surface area contributed by atoms with Gasteiger partial charge in [0.25, 0.3) is 10.1 Å². The highest BCUT2D eigenvalue weighted by Crippen LogP contribution is 2.24. The minimum atomic E-state index is -4.22. The highest BCUT2D eigenvalue weighted by atomic mass is 32.2. The van der Waals surface area contributed by atoms with Crippen LogP contribution in [0.5, 0.6) is 0 Å². The maximum atomic E-state index is 10.8. The first-order valence-corrected chi connectivity index (χ1v) is 5.45. The zero-order chi connectivity index (χ0) is 11.1. The van der Waals surface area contributed by atoms with Crippen molar-refractivity contribution in [1.29, 1.82) is 0 Å². The van der Waals surface area contributed by atoms with Gasteiger partial charge in [0.15, 0.2) is 0 Å². The molecular weight excluding hydrogens is 222 g/mol. The molecule has 0 fully saturated rings. The van der Waals surface area contributed by atoms with E-state index in [9.17, 15) is 13.2 Å². The molecule has 0 atom stereocenters. The molecule has 1 aromatic rings. The molecule has 6 nitrogen and oxygen atoms in total. The SMILES string of the molecule is O=C1Nc2ccc(S(=O)(=O)O)cc2CO1. The Balaban J connectivity index is 2.48. The topological polar surface area (TPSA) is 92.7 Å². The third-order valence-corrected chi connectivity index (χ3v) is 2.82. The minimum absolute atomic E-state index is 0.00940. The monoisotopic (exact) mass is 229 g/mol. The summed E-state index contributed by atoms with van der Waals surface area (Å²) in [5.74, 6) is 0. The van der Waals surface area contributed by atoms with Crippen molar-refractivity contribution in [1.82, 2.24) is 0 Å². The number of hydrogen-bond donors (Lipinski definition) is 2. The van der Waals surface area contributed by atoms with Gasteiger partial charge in [-0.05, 0) is 18.2 Å². The summed E-state index contributed by atoms with van der Waals surface area (Å²) in [6, 6.07) is 3.86. The lowest BCUT2D eigenvalue weighted by Crippen LogP contribution is -2.20. The average Bonchev–Trinajstić information content (AvgIpc) is 2.15. The number of carbonyl (C=O) groups excluding carboxylic acids is 1. The van der Waals surface area contributed by atoms with Crippen LogP contribution in [0.15, 0.2) is 23.1 Å². The third-order valence-electron chi connectivity index (χ3n) is 1.97. The Labute approximate surface area is 85.6 Å². The summed E-state index contributed by atoms with van der Waals surface area (Å²) in [7, 11) is -4.22. The molecular formula is C8H7NO5S. The van der Waals surface area contributed by atoms with Gasteiger partial charge in [0.2, 0.25) is 0 Å². The van der Waals surface area contributed by atoms with Gasteiger partial charge < -0.3 is 4.74 Å². The van der Waals surface area contributed by atoms with E-state index in [-0.39, 0.29) is 11.5 Å². The van der Waals surface area contributed by atoms with Gasteiger partial charge in [0, 0.05) is 5.56 Å². The number of anilines is 1. The van der Waals surface area contributed by atoms with Crippen molar-refractivity contribution in [2.75, 3.05) is 5.32 Å². The van der Waals surface area contributed by atoms with Crippen LogP contribution in [0.25, 0.3) is 0 Å².